The van der Waals surface area contributed by atoms with Crippen LogP contribution in [-0.4, -0.2) is 31.9 Å². The van der Waals surface area contributed by atoms with Gasteiger partial charge in [0.1, 0.15) is 22.7 Å². The minimum Gasteiger partial charge on any atom is -0.462 e. The van der Waals surface area contributed by atoms with Gasteiger partial charge in [-0.1, -0.05) is 36.4 Å². The number of hydrogen-bond donors (Lipinski definition) is 1. The van der Waals surface area contributed by atoms with E-state index >= 15 is 0 Å². The van der Waals surface area contributed by atoms with Crippen LogP contribution < -0.4 is 5.32 Å². The number of aromatic nitrogens is 4. The van der Waals surface area contributed by atoms with E-state index in [9.17, 15) is 4.79 Å². The fourth-order valence-corrected chi connectivity index (χ4v) is 3.10. The average molecular weight is 387 g/mol. The second-order valence-electron chi connectivity index (χ2n) is 6.53. The fourth-order valence-electron chi connectivity index (χ4n) is 3.10. The minimum absolute atomic E-state index is 0.0608. The topological polar surface area (TPSA) is 81.4 Å². The lowest BCUT2D eigenvalue weighted by atomic mass is 10.1. The Labute approximate surface area is 168 Å². The maximum atomic E-state index is 12.4. The number of nitrogens with one attached hydrogen (secondary N) is 1. The van der Waals surface area contributed by atoms with Crippen LogP contribution in [0.1, 0.15) is 35.8 Å². The lowest BCUT2D eigenvalue weighted by molar-refractivity contribution is 0.0526. The molecule has 1 aromatic carbocycles. The van der Waals surface area contributed by atoms with E-state index in [1.54, 1.807) is 13.1 Å². The summed E-state index contributed by atoms with van der Waals surface area (Å²) in [7, 11) is 0. The number of rotatable bonds is 6. The Bertz CT molecular complexity index is 1140. The Morgan fingerprint density at radius 1 is 1.10 bits per heavy atom. The first-order valence-electron chi connectivity index (χ1n) is 9.45. The van der Waals surface area contributed by atoms with Crippen molar-refractivity contribution in [2.24, 2.45) is 0 Å². The molecule has 0 aliphatic heterocycles. The van der Waals surface area contributed by atoms with Gasteiger partial charge >= 0.3 is 5.97 Å². The van der Waals surface area contributed by atoms with Gasteiger partial charge in [0.25, 0.3) is 0 Å². The number of nitrogens with zero attached hydrogens (tertiary/aromatic N) is 4. The van der Waals surface area contributed by atoms with Gasteiger partial charge in [-0.05, 0) is 31.5 Å². The summed E-state index contributed by atoms with van der Waals surface area (Å²) in [4.78, 5) is 25.9. The van der Waals surface area contributed by atoms with Crippen LogP contribution in [-0.2, 0) is 4.74 Å². The van der Waals surface area contributed by atoms with E-state index in [0.717, 1.165) is 16.9 Å². The predicted octanol–water partition coefficient (Wildman–Crippen LogP) is 4.14. The Hall–Kier alpha value is -3.74. The van der Waals surface area contributed by atoms with E-state index in [2.05, 4.69) is 20.3 Å². The molecular weight excluding hydrogens is 366 g/mol. The first kappa shape index (κ1) is 18.6. The number of fused-ring (bicyclic) bond motifs is 1. The van der Waals surface area contributed by atoms with E-state index in [0.29, 0.717) is 17.2 Å². The third kappa shape index (κ3) is 3.80. The lowest BCUT2D eigenvalue weighted by Crippen LogP contribution is -2.15. The van der Waals surface area contributed by atoms with Crippen LogP contribution in [0.2, 0.25) is 0 Å². The van der Waals surface area contributed by atoms with Crippen LogP contribution in [0.15, 0.2) is 67.1 Å². The van der Waals surface area contributed by atoms with E-state index in [-0.39, 0.29) is 12.6 Å². The molecule has 0 amide bonds. The van der Waals surface area contributed by atoms with Gasteiger partial charge in [0.2, 0.25) is 0 Å². The highest BCUT2D eigenvalue weighted by atomic mass is 16.5. The summed E-state index contributed by atoms with van der Waals surface area (Å²) < 4.78 is 7.09. The first-order valence-corrected chi connectivity index (χ1v) is 9.45. The van der Waals surface area contributed by atoms with Crippen LogP contribution in [0.3, 0.4) is 0 Å². The molecule has 29 heavy (non-hydrogen) atoms. The molecule has 0 bridgehead atoms. The van der Waals surface area contributed by atoms with E-state index in [4.69, 9.17) is 4.74 Å². The number of imidazole rings is 1. The molecule has 0 saturated carbocycles. The second kappa shape index (κ2) is 8.10. The van der Waals surface area contributed by atoms with Crippen molar-refractivity contribution in [1.29, 1.82) is 0 Å². The van der Waals surface area contributed by atoms with Crippen molar-refractivity contribution in [3.05, 3.63) is 78.2 Å². The molecule has 4 rings (SSSR count). The van der Waals surface area contributed by atoms with Crippen LogP contribution in [0.5, 0.6) is 0 Å². The van der Waals surface area contributed by atoms with Gasteiger partial charge < -0.3 is 10.1 Å². The number of carbonyl (C=O) groups is 1. The summed E-state index contributed by atoms with van der Waals surface area (Å²) in [6.45, 7) is 4.06. The van der Waals surface area contributed by atoms with Crippen molar-refractivity contribution in [2.75, 3.05) is 11.9 Å². The number of hydrogen-bond acceptors (Lipinski definition) is 6. The van der Waals surface area contributed by atoms with Gasteiger partial charge in [-0.2, -0.15) is 0 Å². The minimum atomic E-state index is -0.458. The summed E-state index contributed by atoms with van der Waals surface area (Å²) >= 11 is 0. The van der Waals surface area contributed by atoms with E-state index in [1.165, 1.54) is 6.20 Å². The number of ether oxygens (including phenoxy) is 1. The Morgan fingerprint density at radius 3 is 2.69 bits per heavy atom. The van der Waals surface area contributed by atoms with E-state index in [1.807, 2.05) is 66.1 Å². The largest absolute Gasteiger partial charge is 0.462 e. The zero-order chi connectivity index (χ0) is 20.2. The van der Waals surface area contributed by atoms with Crippen molar-refractivity contribution in [3.8, 4) is 11.5 Å². The molecule has 146 valence electrons. The molecule has 7 heteroatoms. The molecule has 0 aliphatic carbocycles. The maximum absolute atomic E-state index is 12.4. The normalized spacial score (nSPS) is 11.9. The van der Waals surface area contributed by atoms with Crippen molar-refractivity contribution >= 4 is 17.4 Å². The smallest absolute Gasteiger partial charge is 0.343 e. The number of benzene rings is 1. The molecule has 7 nitrogen and oxygen atoms in total. The van der Waals surface area contributed by atoms with Gasteiger partial charge in [0.15, 0.2) is 5.82 Å². The molecule has 0 fully saturated rings. The first-order chi connectivity index (χ1) is 14.2. The second-order valence-corrected chi connectivity index (χ2v) is 6.53. The van der Waals surface area contributed by atoms with Crippen LogP contribution in [0.25, 0.3) is 17.2 Å². The van der Waals surface area contributed by atoms with Gasteiger partial charge in [-0.3, -0.25) is 4.40 Å². The van der Waals surface area contributed by atoms with Crippen molar-refractivity contribution < 1.29 is 9.53 Å². The zero-order valence-electron chi connectivity index (χ0n) is 16.2. The van der Waals surface area contributed by atoms with Crippen LogP contribution in [0, 0.1) is 0 Å². The summed E-state index contributed by atoms with van der Waals surface area (Å²) in [6, 6.07) is 15.7. The maximum Gasteiger partial charge on any atom is 0.343 e. The van der Waals surface area contributed by atoms with Gasteiger partial charge in [0.05, 0.1) is 12.8 Å². The molecule has 3 heterocycles. The molecular formula is C22H21N5O2. The predicted molar refractivity (Wildman–Crippen MR) is 111 cm³/mol. The van der Waals surface area contributed by atoms with Crippen molar-refractivity contribution in [2.45, 2.75) is 19.9 Å². The molecule has 1 atom stereocenters. The number of pyridine rings is 1. The molecule has 0 spiro atoms. The molecule has 0 aliphatic rings. The van der Waals surface area contributed by atoms with Crippen molar-refractivity contribution in [1.82, 2.24) is 19.4 Å². The van der Waals surface area contributed by atoms with Gasteiger partial charge in [-0.25, -0.2) is 19.7 Å². The summed E-state index contributed by atoms with van der Waals surface area (Å²) in [5.41, 5.74) is 2.92. The molecule has 0 saturated heterocycles. The fraction of sp³-hybridized carbons (Fsp3) is 0.182. The Balaban J connectivity index is 1.75. The van der Waals surface area contributed by atoms with Crippen molar-refractivity contribution in [3.63, 3.8) is 0 Å². The monoisotopic (exact) mass is 387 g/mol. The Morgan fingerprint density at radius 2 is 1.90 bits per heavy atom. The number of anilines is 1. The molecule has 3 aromatic heterocycles. The summed E-state index contributed by atoms with van der Waals surface area (Å²) in [5, 5.41) is 3.33. The molecule has 1 N–H and O–H groups in total. The van der Waals surface area contributed by atoms with E-state index < -0.39 is 5.97 Å². The molecule has 4 aromatic rings. The Kier molecular flexibility index (Phi) is 5.20. The number of carbonyl (C=O) groups excluding carboxylic acids is 1. The lowest BCUT2D eigenvalue weighted by Gasteiger charge is -2.17. The summed E-state index contributed by atoms with van der Waals surface area (Å²) in [6.07, 6.45) is 5.13. The standard InChI is InChI=1S/C22H21N5O2/c1-3-29-22(28)17-13-24-21(18-14-23-19-11-7-8-12-27(18)19)26-20(17)25-15(2)16-9-5-4-6-10-16/h4-15H,3H2,1-2H3,(H,24,25,26)/t15-/m0/s1. The van der Waals surface area contributed by atoms with Crippen LogP contribution in [0.4, 0.5) is 5.82 Å². The van der Waals surface area contributed by atoms with Gasteiger partial charge in [0, 0.05) is 18.4 Å². The zero-order valence-corrected chi connectivity index (χ0v) is 16.2. The molecule has 0 unspecified atom stereocenters. The average Bonchev–Trinajstić information content (AvgIpc) is 3.18. The highest BCUT2D eigenvalue weighted by molar-refractivity contribution is 5.94. The highest BCUT2D eigenvalue weighted by Crippen LogP contribution is 2.25. The SMILES string of the molecule is CCOC(=O)c1cnc(-c2cnc3ccccn23)nc1N[C@@H](C)c1ccccc1. The third-order valence-electron chi connectivity index (χ3n) is 4.58. The molecule has 0 radical (unpaired) electrons. The number of esters is 1. The quantitative estimate of drug-likeness (QED) is 0.501. The van der Waals surface area contributed by atoms with Crippen LogP contribution >= 0.6 is 0 Å². The highest BCUT2D eigenvalue weighted by Gasteiger charge is 2.19. The summed E-state index contributed by atoms with van der Waals surface area (Å²) in [5.74, 6) is 0.440. The third-order valence-corrected chi connectivity index (χ3v) is 4.58. The van der Waals surface area contributed by atoms with Gasteiger partial charge in [-0.15, -0.1) is 0 Å².